The monoisotopic (exact) mass is 313 g/mol. The second kappa shape index (κ2) is 6.20. The van der Waals surface area contributed by atoms with Crippen molar-refractivity contribution in [2.45, 2.75) is 51.5 Å². The average Bonchev–Trinajstić information content (AvgIpc) is 2.70. The van der Waals surface area contributed by atoms with Gasteiger partial charge in [-0.15, -0.1) is 0 Å². The van der Waals surface area contributed by atoms with Crippen LogP contribution in [0.15, 0.2) is 10.7 Å². The molecular weight excluding hydrogens is 290 g/mol. The van der Waals surface area contributed by atoms with Crippen LogP contribution >= 0.6 is 15.9 Å². The molecule has 1 unspecified atom stereocenters. The van der Waals surface area contributed by atoms with Crippen LogP contribution in [0.3, 0.4) is 0 Å². The van der Waals surface area contributed by atoms with Crippen LogP contribution in [0.2, 0.25) is 0 Å². The molecule has 1 saturated carbocycles. The summed E-state index contributed by atoms with van der Waals surface area (Å²) in [7, 11) is 1.97. The summed E-state index contributed by atoms with van der Waals surface area (Å²) in [6.45, 7) is 2.28. The zero-order chi connectivity index (χ0) is 13.1. The van der Waals surface area contributed by atoms with E-state index in [2.05, 4.69) is 28.0 Å². The molecule has 1 aromatic heterocycles. The third-order valence-corrected chi connectivity index (χ3v) is 4.96. The average molecular weight is 314 g/mol. The third-order valence-electron chi connectivity index (χ3n) is 4.35. The highest BCUT2D eigenvalue weighted by atomic mass is 79.9. The van der Waals surface area contributed by atoms with Crippen LogP contribution in [-0.2, 0) is 7.05 Å². The lowest BCUT2D eigenvalue weighted by molar-refractivity contribution is 0.230. The van der Waals surface area contributed by atoms with Crippen molar-refractivity contribution in [3.05, 3.63) is 16.4 Å². The molecule has 1 aromatic rings. The highest BCUT2D eigenvalue weighted by Gasteiger charge is 2.28. The Kier molecular flexibility index (Phi) is 4.84. The molecule has 2 rings (SSSR count). The molecule has 102 valence electrons. The van der Waals surface area contributed by atoms with E-state index < -0.39 is 0 Å². The first-order valence-corrected chi connectivity index (χ1v) is 7.85. The second-order valence-electron chi connectivity index (χ2n) is 5.60. The van der Waals surface area contributed by atoms with Gasteiger partial charge in [-0.1, -0.05) is 32.6 Å². The summed E-state index contributed by atoms with van der Waals surface area (Å²) in [6.07, 6.45) is 9.78. The van der Waals surface area contributed by atoms with Crippen molar-refractivity contribution < 1.29 is 0 Å². The predicted octanol–water partition coefficient (Wildman–Crippen LogP) is 3.79. The SMILES string of the molecule is CCCC1CCC(C(N)c2c(Br)cnn2C)CC1. The number of hydrogen-bond donors (Lipinski definition) is 1. The molecule has 0 spiro atoms. The van der Waals surface area contributed by atoms with Gasteiger partial charge in [-0.05, 0) is 40.6 Å². The van der Waals surface area contributed by atoms with Gasteiger partial charge in [0.25, 0.3) is 0 Å². The van der Waals surface area contributed by atoms with Crippen LogP contribution in [0.1, 0.15) is 57.2 Å². The maximum Gasteiger partial charge on any atom is 0.0692 e. The third kappa shape index (κ3) is 2.97. The van der Waals surface area contributed by atoms with E-state index in [0.717, 1.165) is 16.1 Å². The molecule has 0 aromatic carbocycles. The van der Waals surface area contributed by atoms with Gasteiger partial charge in [0.2, 0.25) is 0 Å². The molecule has 4 heteroatoms. The summed E-state index contributed by atoms with van der Waals surface area (Å²) in [5.41, 5.74) is 7.59. The lowest BCUT2D eigenvalue weighted by Crippen LogP contribution is -2.28. The summed E-state index contributed by atoms with van der Waals surface area (Å²) >= 11 is 3.56. The Hall–Kier alpha value is -0.350. The van der Waals surface area contributed by atoms with Crippen molar-refractivity contribution in [1.29, 1.82) is 0 Å². The number of nitrogens with zero attached hydrogens (tertiary/aromatic N) is 2. The minimum absolute atomic E-state index is 0.120. The lowest BCUT2D eigenvalue weighted by atomic mass is 9.76. The fraction of sp³-hybridized carbons (Fsp3) is 0.786. The molecule has 0 bridgehead atoms. The standard InChI is InChI=1S/C14H24BrN3/c1-3-4-10-5-7-11(8-6-10)13(16)14-12(15)9-17-18(14)2/h9-11,13H,3-8,16H2,1-2H3. The van der Waals surface area contributed by atoms with Gasteiger partial charge in [-0.3, -0.25) is 4.68 Å². The molecule has 1 aliphatic rings. The first-order valence-electron chi connectivity index (χ1n) is 7.06. The number of nitrogens with two attached hydrogens (primary N) is 1. The molecule has 2 N–H and O–H groups in total. The van der Waals surface area contributed by atoms with Gasteiger partial charge in [0.1, 0.15) is 0 Å². The molecule has 3 nitrogen and oxygen atoms in total. The van der Waals surface area contributed by atoms with Crippen LogP contribution in [0.4, 0.5) is 0 Å². The van der Waals surface area contributed by atoms with Gasteiger partial charge in [0.05, 0.1) is 22.4 Å². The smallest absolute Gasteiger partial charge is 0.0692 e. The molecular formula is C14H24BrN3. The van der Waals surface area contributed by atoms with Crippen LogP contribution in [0, 0.1) is 11.8 Å². The molecule has 1 heterocycles. The number of rotatable bonds is 4. The van der Waals surface area contributed by atoms with Crippen LogP contribution in [-0.4, -0.2) is 9.78 Å². The minimum Gasteiger partial charge on any atom is -0.322 e. The largest absolute Gasteiger partial charge is 0.322 e. The lowest BCUT2D eigenvalue weighted by Gasteiger charge is -2.32. The quantitative estimate of drug-likeness (QED) is 0.919. The Morgan fingerprint density at radius 2 is 2.11 bits per heavy atom. The minimum atomic E-state index is 0.120. The summed E-state index contributed by atoms with van der Waals surface area (Å²) in [5.74, 6) is 1.55. The Morgan fingerprint density at radius 3 is 2.61 bits per heavy atom. The van der Waals surface area contributed by atoms with Gasteiger partial charge in [-0.25, -0.2) is 0 Å². The Balaban J connectivity index is 1.97. The number of aryl methyl sites for hydroxylation is 1. The van der Waals surface area contributed by atoms with E-state index >= 15 is 0 Å². The predicted molar refractivity (Wildman–Crippen MR) is 78.2 cm³/mol. The fourth-order valence-corrected chi connectivity index (χ4v) is 3.88. The van der Waals surface area contributed by atoms with Gasteiger partial charge >= 0.3 is 0 Å². The van der Waals surface area contributed by atoms with Gasteiger partial charge in [0.15, 0.2) is 0 Å². The van der Waals surface area contributed by atoms with Gasteiger partial charge < -0.3 is 5.73 Å². The van der Waals surface area contributed by atoms with Gasteiger partial charge in [-0.2, -0.15) is 5.10 Å². The molecule has 0 radical (unpaired) electrons. The van der Waals surface area contributed by atoms with E-state index in [1.807, 2.05) is 17.9 Å². The number of hydrogen-bond acceptors (Lipinski definition) is 2. The maximum atomic E-state index is 6.44. The highest BCUT2D eigenvalue weighted by molar-refractivity contribution is 9.10. The maximum absolute atomic E-state index is 6.44. The highest BCUT2D eigenvalue weighted by Crippen LogP contribution is 2.38. The molecule has 0 aliphatic heterocycles. The molecule has 1 fully saturated rings. The van der Waals surface area contributed by atoms with Crippen LogP contribution in [0.5, 0.6) is 0 Å². The summed E-state index contributed by atoms with van der Waals surface area (Å²) < 4.78 is 2.96. The van der Waals surface area contributed by atoms with Crippen LogP contribution < -0.4 is 5.73 Å². The fourth-order valence-electron chi connectivity index (χ4n) is 3.26. The van der Waals surface area contributed by atoms with Crippen molar-refractivity contribution in [2.24, 2.45) is 24.6 Å². The molecule has 1 aliphatic carbocycles. The topological polar surface area (TPSA) is 43.8 Å². The first kappa shape index (κ1) is 14.1. The first-order chi connectivity index (χ1) is 8.63. The zero-order valence-corrected chi connectivity index (χ0v) is 13.0. The number of aromatic nitrogens is 2. The zero-order valence-electron chi connectivity index (χ0n) is 11.4. The molecule has 1 atom stereocenters. The van der Waals surface area contributed by atoms with Crippen molar-refractivity contribution in [3.8, 4) is 0 Å². The molecule has 18 heavy (non-hydrogen) atoms. The van der Waals surface area contributed by atoms with E-state index in [1.165, 1.54) is 38.5 Å². The summed E-state index contributed by atoms with van der Waals surface area (Å²) in [6, 6.07) is 0.120. The molecule has 0 saturated heterocycles. The van der Waals surface area contributed by atoms with Gasteiger partial charge in [0, 0.05) is 7.05 Å². The van der Waals surface area contributed by atoms with Crippen molar-refractivity contribution in [2.75, 3.05) is 0 Å². The second-order valence-corrected chi connectivity index (χ2v) is 6.45. The van der Waals surface area contributed by atoms with Crippen LogP contribution in [0.25, 0.3) is 0 Å². The van der Waals surface area contributed by atoms with E-state index in [0.29, 0.717) is 5.92 Å². The van der Waals surface area contributed by atoms with Crippen molar-refractivity contribution in [1.82, 2.24) is 9.78 Å². The molecule has 0 amide bonds. The van der Waals surface area contributed by atoms with E-state index in [9.17, 15) is 0 Å². The van der Waals surface area contributed by atoms with E-state index in [1.54, 1.807) is 0 Å². The Labute approximate surface area is 118 Å². The van der Waals surface area contributed by atoms with Crippen molar-refractivity contribution in [3.63, 3.8) is 0 Å². The van der Waals surface area contributed by atoms with E-state index in [4.69, 9.17) is 5.73 Å². The van der Waals surface area contributed by atoms with Crippen molar-refractivity contribution >= 4 is 15.9 Å². The van der Waals surface area contributed by atoms with E-state index in [-0.39, 0.29) is 6.04 Å². The number of halogens is 1. The Bertz CT molecular complexity index is 361. The Morgan fingerprint density at radius 1 is 1.44 bits per heavy atom. The normalized spacial score (nSPS) is 26.2. The summed E-state index contributed by atoms with van der Waals surface area (Å²) in [5, 5.41) is 4.27. The summed E-state index contributed by atoms with van der Waals surface area (Å²) in [4.78, 5) is 0.